The van der Waals surface area contributed by atoms with Crippen molar-refractivity contribution < 1.29 is 12.8 Å². The number of nitrogens with one attached hydrogen (secondary N) is 1. The predicted molar refractivity (Wildman–Crippen MR) is 96.5 cm³/mol. The molecule has 1 aliphatic carbocycles. The summed E-state index contributed by atoms with van der Waals surface area (Å²) in [7, 11) is -3.44. The van der Waals surface area contributed by atoms with E-state index >= 15 is 0 Å². The van der Waals surface area contributed by atoms with Gasteiger partial charge in [0.1, 0.15) is 5.82 Å². The molecule has 8 heteroatoms. The zero-order valence-electron chi connectivity index (χ0n) is 14.3. The molecule has 0 spiro atoms. The fraction of sp³-hybridized carbons (Fsp3) is 0.444. The number of rotatable bonds is 3. The first-order valence-corrected chi connectivity index (χ1v) is 10.4. The van der Waals surface area contributed by atoms with Crippen LogP contribution in [0.2, 0.25) is 0 Å². The molecule has 0 saturated carbocycles. The Morgan fingerprint density at radius 2 is 1.92 bits per heavy atom. The first-order valence-electron chi connectivity index (χ1n) is 8.84. The Kier molecular flexibility index (Phi) is 4.30. The Balaban J connectivity index is 1.70. The third kappa shape index (κ3) is 3.02. The molecule has 0 unspecified atom stereocenters. The number of halogens is 1. The SMILES string of the molecule is O=c1[nH]nc(Cc2ccc(F)c(N3CCCS3(=O)=O)c2)c2c1CCCC2. The fourth-order valence-electron chi connectivity index (χ4n) is 3.84. The highest BCUT2D eigenvalue weighted by molar-refractivity contribution is 7.93. The van der Waals surface area contributed by atoms with Gasteiger partial charge in [-0.25, -0.2) is 17.9 Å². The summed E-state index contributed by atoms with van der Waals surface area (Å²) in [5.74, 6) is -0.498. The van der Waals surface area contributed by atoms with Crippen LogP contribution < -0.4 is 9.86 Å². The Morgan fingerprint density at radius 1 is 1.15 bits per heavy atom. The lowest BCUT2D eigenvalue weighted by Crippen LogP contribution is -2.26. The van der Waals surface area contributed by atoms with E-state index in [1.54, 1.807) is 12.1 Å². The van der Waals surface area contributed by atoms with E-state index in [0.29, 0.717) is 19.4 Å². The zero-order valence-corrected chi connectivity index (χ0v) is 15.1. The van der Waals surface area contributed by atoms with E-state index in [-0.39, 0.29) is 17.0 Å². The van der Waals surface area contributed by atoms with Gasteiger partial charge in [-0.1, -0.05) is 6.07 Å². The van der Waals surface area contributed by atoms with Gasteiger partial charge in [0.05, 0.1) is 17.1 Å². The van der Waals surface area contributed by atoms with Crippen LogP contribution in [0.5, 0.6) is 0 Å². The van der Waals surface area contributed by atoms with Crippen LogP contribution in [0.3, 0.4) is 0 Å². The summed E-state index contributed by atoms with van der Waals surface area (Å²) in [5, 5.41) is 6.76. The lowest BCUT2D eigenvalue weighted by atomic mass is 9.90. The maximum Gasteiger partial charge on any atom is 0.267 e. The number of hydrogen-bond donors (Lipinski definition) is 1. The zero-order chi connectivity index (χ0) is 18.3. The molecule has 2 aliphatic rings. The van der Waals surface area contributed by atoms with Crippen molar-refractivity contribution in [1.82, 2.24) is 10.2 Å². The first kappa shape index (κ1) is 17.2. The molecule has 1 aliphatic heterocycles. The van der Waals surface area contributed by atoms with Crippen molar-refractivity contribution in [2.24, 2.45) is 0 Å². The fourth-order valence-corrected chi connectivity index (χ4v) is 5.40. The molecular formula is C18H20FN3O3S. The van der Waals surface area contributed by atoms with Gasteiger partial charge in [0, 0.05) is 18.5 Å². The number of sulfonamides is 1. The molecule has 0 bridgehead atoms. The van der Waals surface area contributed by atoms with Gasteiger partial charge < -0.3 is 0 Å². The Labute approximate surface area is 151 Å². The van der Waals surface area contributed by atoms with Gasteiger partial charge in [-0.05, 0) is 55.4 Å². The van der Waals surface area contributed by atoms with Crippen molar-refractivity contribution >= 4 is 15.7 Å². The standard InChI is InChI=1S/C18H20FN3O3S/c19-15-7-6-12(11-17(15)22-8-3-9-26(22,24)25)10-16-13-4-1-2-5-14(13)18(23)21-20-16/h6-7,11H,1-5,8-10H2,(H,21,23). The maximum absolute atomic E-state index is 14.3. The third-order valence-corrected chi connectivity index (χ3v) is 6.99. The van der Waals surface area contributed by atoms with E-state index in [1.807, 2.05) is 0 Å². The van der Waals surface area contributed by atoms with Gasteiger partial charge in [0.2, 0.25) is 10.0 Å². The molecule has 26 heavy (non-hydrogen) atoms. The Bertz CT molecular complexity index is 1020. The monoisotopic (exact) mass is 377 g/mol. The average Bonchev–Trinajstić information content (AvgIpc) is 2.98. The summed E-state index contributed by atoms with van der Waals surface area (Å²) < 4.78 is 39.7. The summed E-state index contributed by atoms with van der Waals surface area (Å²) in [6.45, 7) is 0.301. The van der Waals surface area contributed by atoms with Gasteiger partial charge in [-0.2, -0.15) is 5.10 Å². The number of hydrogen-bond acceptors (Lipinski definition) is 4. The number of benzene rings is 1. The number of aromatic amines is 1. The van der Waals surface area contributed by atoms with Crippen LogP contribution in [0.1, 0.15) is 41.6 Å². The maximum atomic E-state index is 14.3. The van der Waals surface area contributed by atoms with E-state index in [4.69, 9.17) is 0 Å². The molecule has 6 nitrogen and oxygen atoms in total. The second-order valence-corrected chi connectivity index (χ2v) is 8.88. The van der Waals surface area contributed by atoms with Crippen molar-refractivity contribution in [2.75, 3.05) is 16.6 Å². The smallest absolute Gasteiger partial charge is 0.267 e. The second kappa shape index (κ2) is 6.50. The van der Waals surface area contributed by atoms with Gasteiger partial charge >= 0.3 is 0 Å². The van der Waals surface area contributed by atoms with Gasteiger partial charge in [-0.15, -0.1) is 0 Å². The van der Waals surface area contributed by atoms with Crippen molar-refractivity contribution in [1.29, 1.82) is 0 Å². The highest BCUT2D eigenvalue weighted by Gasteiger charge is 2.30. The van der Waals surface area contributed by atoms with Crippen LogP contribution in [0.4, 0.5) is 10.1 Å². The molecule has 1 aromatic carbocycles. The van der Waals surface area contributed by atoms with Crippen LogP contribution in [0.25, 0.3) is 0 Å². The minimum absolute atomic E-state index is 0.0473. The highest BCUT2D eigenvalue weighted by atomic mass is 32.2. The average molecular weight is 377 g/mol. The van der Waals surface area contributed by atoms with Gasteiger partial charge in [0.15, 0.2) is 0 Å². The van der Waals surface area contributed by atoms with E-state index < -0.39 is 15.8 Å². The molecule has 0 radical (unpaired) electrons. The lowest BCUT2D eigenvalue weighted by molar-refractivity contribution is 0.594. The molecule has 2 heterocycles. The quantitative estimate of drug-likeness (QED) is 0.886. The summed E-state index contributed by atoms with van der Waals surface area (Å²) >= 11 is 0. The molecule has 0 atom stereocenters. The van der Waals surface area contributed by atoms with Gasteiger partial charge in [0.25, 0.3) is 5.56 Å². The number of anilines is 1. The number of fused-ring (bicyclic) bond motifs is 1. The topological polar surface area (TPSA) is 83.1 Å². The van der Waals surface area contributed by atoms with E-state index in [1.165, 1.54) is 6.07 Å². The number of aromatic nitrogens is 2. The molecule has 1 saturated heterocycles. The largest absolute Gasteiger partial charge is 0.268 e. The van der Waals surface area contributed by atoms with E-state index in [2.05, 4.69) is 10.2 Å². The molecule has 138 valence electrons. The van der Waals surface area contributed by atoms with E-state index in [0.717, 1.165) is 52.4 Å². The molecule has 1 fully saturated rings. The normalized spacial score (nSPS) is 18.7. The minimum atomic E-state index is -3.44. The second-order valence-electron chi connectivity index (χ2n) is 6.87. The van der Waals surface area contributed by atoms with Crippen LogP contribution in [0.15, 0.2) is 23.0 Å². The highest BCUT2D eigenvalue weighted by Crippen LogP contribution is 2.29. The van der Waals surface area contributed by atoms with Crippen LogP contribution in [0, 0.1) is 5.82 Å². The molecule has 2 aromatic rings. The lowest BCUT2D eigenvalue weighted by Gasteiger charge is -2.20. The van der Waals surface area contributed by atoms with Crippen LogP contribution in [-0.4, -0.2) is 30.9 Å². The Morgan fingerprint density at radius 3 is 2.65 bits per heavy atom. The predicted octanol–water partition coefficient (Wildman–Crippen LogP) is 1.92. The molecule has 4 rings (SSSR count). The van der Waals surface area contributed by atoms with Crippen molar-refractivity contribution in [3.8, 4) is 0 Å². The number of nitrogens with zero attached hydrogens (tertiary/aromatic N) is 2. The summed E-state index contributed by atoms with van der Waals surface area (Å²) in [6, 6.07) is 4.53. The summed E-state index contributed by atoms with van der Waals surface area (Å²) in [6.07, 6.45) is 4.51. The number of H-pyrrole nitrogens is 1. The molecule has 0 amide bonds. The molecule has 1 aromatic heterocycles. The summed E-state index contributed by atoms with van der Waals surface area (Å²) in [5.41, 5.74) is 3.30. The van der Waals surface area contributed by atoms with Crippen LogP contribution in [-0.2, 0) is 29.3 Å². The third-order valence-electron chi connectivity index (χ3n) is 5.13. The van der Waals surface area contributed by atoms with Crippen molar-refractivity contribution in [2.45, 2.75) is 38.5 Å². The van der Waals surface area contributed by atoms with Crippen molar-refractivity contribution in [3.05, 3.63) is 56.8 Å². The van der Waals surface area contributed by atoms with E-state index in [9.17, 15) is 17.6 Å². The Hall–Kier alpha value is -2.22. The van der Waals surface area contributed by atoms with Crippen molar-refractivity contribution in [3.63, 3.8) is 0 Å². The van der Waals surface area contributed by atoms with Gasteiger partial charge in [-0.3, -0.25) is 9.10 Å². The molecular weight excluding hydrogens is 357 g/mol. The van der Waals surface area contributed by atoms with Crippen LogP contribution >= 0.6 is 0 Å². The first-order chi connectivity index (χ1) is 12.5. The summed E-state index contributed by atoms with van der Waals surface area (Å²) in [4.78, 5) is 12.0. The minimum Gasteiger partial charge on any atom is -0.268 e. The molecule has 1 N–H and O–H groups in total.